The molecule has 0 heterocycles. The second kappa shape index (κ2) is 3.55. The Morgan fingerprint density at radius 3 is 2.12 bits per heavy atom. The van der Waals surface area contributed by atoms with Crippen LogP contribution in [0.25, 0.3) is 0 Å². The molecule has 0 radical (unpaired) electrons. The molecule has 0 aromatic heterocycles. The van der Waals surface area contributed by atoms with Crippen molar-refractivity contribution in [3.63, 3.8) is 0 Å². The third kappa shape index (κ3) is 2.69. The summed E-state index contributed by atoms with van der Waals surface area (Å²) in [5, 5.41) is 0. The first-order chi connectivity index (χ1) is 3.68. The zero-order chi connectivity index (χ0) is 6.57. The molecule has 0 saturated heterocycles. The fourth-order valence-corrected chi connectivity index (χ4v) is 0.232. The molecule has 0 aliphatic rings. The van der Waals surface area contributed by atoms with Crippen LogP contribution in [0.4, 0.5) is 8.78 Å². The van der Waals surface area contributed by atoms with Crippen molar-refractivity contribution in [2.75, 3.05) is 14.1 Å². The largest absolute Gasteiger partial charge is 0.277 e. The third-order valence-corrected chi connectivity index (χ3v) is 0.725. The second-order valence-electron chi connectivity index (χ2n) is 1.65. The average molecular weight is 121 g/mol. The number of hydrogen-bond acceptors (Lipinski definition) is 1. The molecule has 0 aromatic rings. The lowest BCUT2D eigenvalue weighted by Crippen LogP contribution is -2.20. The summed E-state index contributed by atoms with van der Waals surface area (Å²) in [4.78, 5) is 1.26. The number of rotatable bonds is 2. The third-order valence-electron chi connectivity index (χ3n) is 0.725. The van der Waals surface area contributed by atoms with Gasteiger partial charge in [-0.15, -0.1) is 0 Å². The zero-order valence-corrected chi connectivity index (χ0v) is 4.94. The molecule has 0 aromatic carbocycles. The summed E-state index contributed by atoms with van der Waals surface area (Å²) >= 11 is 0. The van der Waals surface area contributed by atoms with Gasteiger partial charge in [-0.3, -0.25) is 4.90 Å². The maximum absolute atomic E-state index is 12.1. The quantitative estimate of drug-likeness (QED) is 0.498. The molecule has 0 saturated carbocycles. The molecule has 0 N–H and O–H groups in total. The van der Waals surface area contributed by atoms with Crippen molar-refractivity contribution >= 4 is 0 Å². The SMILES string of the molecule is CN(C)C(F)C=CF. The van der Waals surface area contributed by atoms with E-state index in [4.69, 9.17) is 0 Å². The first-order valence-electron chi connectivity index (χ1n) is 2.26. The summed E-state index contributed by atoms with van der Waals surface area (Å²) in [6.45, 7) is 0. The number of halogens is 2. The molecular formula is C5H9F2N. The van der Waals surface area contributed by atoms with Gasteiger partial charge in [0, 0.05) is 0 Å². The maximum atomic E-state index is 12.1. The highest BCUT2D eigenvalue weighted by atomic mass is 19.1. The van der Waals surface area contributed by atoms with E-state index in [1.807, 2.05) is 0 Å². The summed E-state index contributed by atoms with van der Waals surface area (Å²) in [6.07, 6.45) is -0.273. The first kappa shape index (κ1) is 7.56. The van der Waals surface area contributed by atoms with Gasteiger partial charge in [0.25, 0.3) is 0 Å². The minimum absolute atomic E-state index is 0.199. The lowest BCUT2D eigenvalue weighted by molar-refractivity contribution is 0.185. The molecule has 0 aliphatic heterocycles. The molecule has 0 amide bonds. The molecule has 0 fully saturated rings. The Morgan fingerprint density at radius 1 is 1.50 bits per heavy atom. The highest BCUT2D eigenvalue weighted by Gasteiger charge is 2.00. The Morgan fingerprint density at radius 2 is 2.00 bits per heavy atom. The van der Waals surface area contributed by atoms with Gasteiger partial charge in [-0.25, -0.2) is 8.78 Å². The smallest absolute Gasteiger partial charge is 0.174 e. The summed E-state index contributed by atoms with van der Waals surface area (Å²) in [5.41, 5.74) is 0. The standard InChI is InChI=1S/C5H9F2N/c1-8(2)5(7)3-4-6/h3-5H,1-2H3. The average Bonchev–Trinajstić information content (AvgIpc) is 1.67. The van der Waals surface area contributed by atoms with Gasteiger partial charge >= 0.3 is 0 Å². The number of alkyl halides is 1. The minimum Gasteiger partial charge on any atom is -0.277 e. The molecule has 3 heteroatoms. The van der Waals surface area contributed by atoms with Crippen LogP contribution in [0, 0.1) is 0 Å². The van der Waals surface area contributed by atoms with E-state index in [0.717, 1.165) is 6.08 Å². The van der Waals surface area contributed by atoms with Crippen LogP contribution in [-0.2, 0) is 0 Å². The van der Waals surface area contributed by atoms with Gasteiger partial charge < -0.3 is 0 Å². The molecule has 0 rings (SSSR count). The first-order valence-corrected chi connectivity index (χ1v) is 2.26. The molecule has 48 valence electrons. The van der Waals surface area contributed by atoms with Crippen LogP contribution in [0.1, 0.15) is 0 Å². The van der Waals surface area contributed by atoms with E-state index in [2.05, 4.69) is 0 Å². The van der Waals surface area contributed by atoms with Crippen LogP contribution in [0.5, 0.6) is 0 Å². The van der Waals surface area contributed by atoms with E-state index in [0.29, 0.717) is 0 Å². The Kier molecular flexibility index (Phi) is 3.35. The van der Waals surface area contributed by atoms with E-state index in [1.165, 1.54) is 19.0 Å². The predicted octanol–water partition coefficient (Wildman–Crippen LogP) is 1.33. The zero-order valence-electron chi connectivity index (χ0n) is 4.94. The van der Waals surface area contributed by atoms with Crippen LogP contribution < -0.4 is 0 Å². The summed E-state index contributed by atoms with van der Waals surface area (Å²) in [7, 11) is 3.06. The van der Waals surface area contributed by atoms with E-state index in [1.54, 1.807) is 0 Å². The fourth-order valence-electron chi connectivity index (χ4n) is 0.232. The Hall–Kier alpha value is -0.440. The second-order valence-corrected chi connectivity index (χ2v) is 1.65. The Balaban J connectivity index is 3.47. The van der Waals surface area contributed by atoms with E-state index in [-0.39, 0.29) is 6.33 Å². The highest BCUT2D eigenvalue weighted by molar-refractivity contribution is 4.79. The molecule has 0 bridgehead atoms. The van der Waals surface area contributed by atoms with Gasteiger partial charge in [-0.1, -0.05) is 0 Å². The van der Waals surface area contributed by atoms with E-state index in [9.17, 15) is 8.78 Å². The van der Waals surface area contributed by atoms with Crippen molar-refractivity contribution in [3.05, 3.63) is 12.4 Å². The summed E-state index contributed by atoms with van der Waals surface area (Å²) in [6, 6.07) is 0. The molecule has 0 spiro atoms. The normalized spacial score (nSPS) is 15.6. The van der Waals surface area contributed by atoms with Crippen LogP contribution in [0.3, 0.4) is 0 Å². The van der Waals surface area contributed by atoms with Gasteiger partial charge in [0.1, 0.15) is 0 Å². The van der Waals surface area contributed by atoms with Crippen LogP contribution >= 0.6 is 0 Å². The van der Waals surface area contributed by atoms with Crippen molar-refractivity contribution in [3.8, 4) is 0 Å². The lowest BCUT2D eigenvalue weighted by Gasteiger charge is -2.09. The number of likely N-dealkylation sites (N-methyl/N-ethyl adjacent to an activating group) is 1. The van der Waals surface area contributed by atoms with Crippen molar-refractivity contribution in [1.29, 1.82) is 0 Å². The summed E-state index contributed by atoms with van der Waals surface area (Å²) < 4.78 is 23.3. The Labute approximate surface area is 47.6 Å². The molecular weight excluding hydrogens is 112 g/mol. The number of hydrogen-bond donors (Lipinski definition) is 0. The Bertz CT molecular complexity index is 80.5. The van der Waals surface area contributed by atoms with Crippen LogP contribution in [0.2, 0.25) is 0 Å². The topological polar surface area (TPSA) is 3.24 Å². The molecule has 1 unspecified atom stereocenters. The minimum atomic E-state index is -1.31. The lowest BCUT2D eigenvalue weighted by atomic mass is 10.5. The molecule has 1 atom stereocenters. The van der Waals surface area contributed by atoms with E-state index >= 15 is 0 Å². The van der Waals surface area contributed by atoms with Gasteiger partial charge in [0.2, 0.25) is 0 Å². The molecule has 1 nitrogen and oxygen atoms in total. The van der Waals surface area contributed by atoms with Crippen LogP contribution in [0.15, 0.2) is 12.4 Å². The molecule has 0 aliphatic carbocycles. The van der Waals surface area contributed by atoms with E-state index < -0.39 is 6.30 Å². The van der Waals surface area contributed by atoms with Crippen molar-refractivity contribution in [2.24, 2.45) is 0 Å². The van der Waals surface area contributed by atoms with Gasteiger partial charge in [-0.05, 0) is 20.2 Å². The predicted molar refractivity (Wildman–Crippen MR) is 28.8 cm³/mol. The van der Waals surface area contributed by atoms with Crippen LogP contribution in [-0.4, -0.2) is 25.3 Å². The van der Waals surface area contributed by atoms with Crippen molar-refractivity contribution in [2.45, 2.75) is 6.30 Å². The van der Waals surface area contributed by atoms with Crippen molar-refractivity contribution < 1.29 is 8.78 Å². The maximum Gasteiger partial charge on any atom is 0.174 e. The molecule has 8 heavy (non-hydrogen) atoms. The fraction of sp³-hybridized carbons (Fsp3) is 0.600. The monoisotopic (exact) mass is 121 g/mol. The van der Waals surface area contributed by atoms with Gasteiger partial charge in [0.15, 0.2) is 6.30 Å². The highest BCUT2D eigenvalue weighted by Crippen LogP contribution is 1.95. The van der Waals surface area contributed by atoms with Gasteiger partial charge in [0.05, 0.1) is 6.33 Å². The summed E-state index contributed by atoms with van der Waals surface area (Å²) in [5.74, 6) is 0. The van der Waals surface area contributed by atoms with Gasteiger partial charge in [-0.2, -0.15) is 0 Å². The van der Waals surface area contributed by atoms with Crippen molar-refractivity contribution in [1.82, 2.24) is 4.90 Å². The number of nitrogens with zero attached hydrogens (tertiary/aromatic N) is 1.